The number of hydrogen-bond donors (Lipinski definition) is 1. The zero-order chi connectivity index (χ0) is 15.0. The molecular weight excluding hydrogens is 265 g/mol. The summed E-state index contributed by atoms with van der Waals surface area (Å²) in [5.74, 6) is 1.01. The van der Waals surface area contributed by atoms with Crippen LogP contribution in [0.1, 0.15) is 11.1 Å². The standard InChI is InChI=1S/C17H16FN3/c1-10-4-6-13(11(2)8-10)17-20-15-9-12(18)5-7-14(15)16(19-3)21-17/h4-9H,1-3H3,(H,19,20,21). The Morgan fingerprint density at radius 3 is 2.52 bits per heavy atom. The number of anilines is 1. The highest BCUT2D eigenvalue weighted by Crippen LogP contribution is 2.27. The fraction of sp³-hybridized carbons (Fsp3) is 0.176. The van der Waals surface area contributed by atoms with E-state index in [-0.39, 0.29) is 5.82 Å². The Hall–Kier alpha value is -2.49. The first-order valence-corrected chi connectivity index (χ1v) is 6.81. The minimum atomic E-state index is -0.296. The van der Waals surface area contributed by atoms with Crippen LogP contribution in [0, 0.1) is 19.7 Å². The molecular formula is C17H16FN3. The Bertz CT molecular complexity index is 828. The molecule has 106 valence electrons. The second kappa shape index (κ2) is 5.13. The third-order valence-corrected chi connectivity index (χ3v) is 3.52. The van der Waals surface area contributed by atoms with E-state index in [1.807, 2.05) is 26.0 Å². The number of aromatic nitrogens is 2. The van der Waals surface area contributed by atoms with Gasteiger partial charge in [-0.3, -0.25) is 0 Å². The highest BCUT2D eigenvalue weighted by atomic mass is 19.1. The van der Waals surface area contributed by atoms with Crippen LogP contribution in [-0.4, -0.2) is 17.0 Å². The lowest BCUT2D eigenvalue weighted by Crippen LogP contribution is -2.00. The number of nitrogens with zero attached hydrogens (tertiary/aromatic N) is 2. The van der Waals surface area contributed by atoms with Gasteiger partial charge in [0.05, 0.1) is 5.52 Å². The number of nitrogens with one attached hydrogen (secondary N) is 1. The summed E-state index contributed by atoms with van der Waals surface area (Å²) in [6.45, 7) is 4.08. The molecule has 0 fully saturated rings. The molecule has 4 heteroatoms. The van der Waals surface area contributed by atoms with Gasteiger partial charge in [0.2, 0.25) is 0 Å². The lowest BCUT2D eigenvalue weighted by molar-refractivity contribution is 0.629. The van der Waals surface area contributed by atoms with Gasteiger partial charge in [-0.2, -0.15) is 0 Å². The van der Waals surface area contributed by atoms with Crippen molar-refractivity contribution in [3.63, 3.8) is 0 Å². The monoisotopic (exact) mass is 281 g/mol. The number of benzene rings is 2. The SMILES string of the molecule is CNc1nc(-c2ccc(C)cc2C)nc2cc(F)ccc12. The molecule has 21 heavy (non-hydrogen) atoms. The molecule has 0 aliphatic heterocycles. The summed E-state index contributed by atoms with van der Waals surface area (Å²) in [6, 6.07) is 10.7. The smallest absolute Gasteiger partial charge is 0.162 e. The van der Waals surface area contributed by atoms with Crippen LogP contribution in [-0.2, 0) is 0 Å². The number of rotatable bonds is 2. The molecule has 0 saturated heterocycles. The molecule has 1 aromatic heterocycles. The highest BCUT2D eigenvalue weighted by Gasteiger charge is 2.11. The van der Waals surface area contributed by atoms with Crippen LogP contribution in [0.3, 0.4) is 0 Å². The van der Waals surface area contributed by atoms with E-state index in [2.05, 4.69) is 21.4 Å². The van der Waals surface area contributed by atoms with E-state index in [1.54, 1.807) is 13.1 Å². The van der Waals surface area contributed by atoms with Crippen molar-refractivity contribution < 1.29 is 4.39 Å². The maximum Gasteiger partial charge on any atom is 0.162 e. The molecule has 0 bridgehead atoms. The van der Waals surface area contributed by atoms with Gasteiger partial charge in [0.15, 0.2) is 5.82 Å². The normalized spacial score (nSPS) is 10.9. The fourth-order valence-electron chi connectivity index (χ4n) is 2.48. The van der Waals surface area contributed by atoms with Crippen LogP contribution in [0.2, 0.25) is 0 Å². The molecule has 1 N–H and O–H groups in total. The van der Waals surface area contributed by atoms with E-state index >= 15 is 0 Å². The molecule has 0 aliphatic carbocycles. The van der Waals surface area contributed by atoms with E-state index in [1.165, 1.54) is 17.7 Å². The molecule has 0 unspecified atom stereocenters. The summed E-state index contributed by atoms with van der Waals surface area (Å²) < 4.78 is 13.5. The second-order valence-corrected chi connectivity index (χ2v) is 5.13. The second-order valence-electron chi connectivity index (χ2n) is 5.13. The predicted octanol–water partition coefficient (Wildman–Crippen LogP) is 4.09. The van der Waals surface area contributed by atoms with Crippen molar-refractivity contribution in [3.05, 3.63) is 53.3 Å². The predicted molar refractivity (Wildman–Crippen MR) is 84.0 cm³/mol. The Balaban J connectivity index is 2.27. The fourth-order valence-corrected chi connectivity index (χ4v) is 2.48. The largest absolute Gasteiger partial charge is 0.373 e. The van der Waals surface area contributed by atoms with Crippen molar-refractivity contribution in [2.24, 2.45) is 0 Å². The van der Waals surface area contributed by atoms with E-state index in [0.29, 0.717) is 17.2 Å². The van der Waals surface area contributed by atoms with Crippen LogP contribution in [0.4, 0.5) is 10.2 Å². The molecule has 0 atom stereocenters. The van der Waals surface area contributed by atoms with Crippen LogP contribution in [0.5, 0.6) is 0 Å². The topological polar surface area (TPSA) is 37.8 Å². The van der Waals surface area contributed by atoms with Crippen LogP contribution in [0.15, 0.2) is 36.4 Å². The molecule has 3 aromatic rings. The first kappa shape index (κ1) is 13.5. The Labute approximate surface area is 122 Å². The maximum atomic E-state index is 13.5. The first-order chi connectivity index (χ1) is 10.1. The lowest BCUT2D eigenvalue weighted by Gasteiger charge is -2.10. The molecule has 2 aromatic carbocycles. The number of fused-ring (bicyclic) bond motifs is 1. The highest BCUT2D eigenvalue weighted by molar-refractivity contribution is 5.90. The van der Waals surface area contributed by atoms with E-state index in [0.717, 1.165) is 16.5 Å². The van der Waals surface area contributed by atoms with E-state index < -0.39 is 0 Å². The molecule has 3 nitrogen and oxygen atoms in total. The van der Waals surface area contributed by atoms with Crippen molar-refractivity contribution in [3.8, 4) is 11.4 Å². The summed E-state index contributed by atoms with van der Waals surface area (Å²) in [4.78, 5) is 9.08. The molecule has 0 radical (unpaired) electrons. The van der Waals surface area contributed by atoms with Crippen molar-refractivity contribution in [1.29, 1.82) is 0 Å². The molecule has 0 saturated carbocycles. The van der Waals surface area contributed by atoms with Gasteiger partial charge < -0.3 is 5.32 Å². The van der Waals surface area contributed by atoms with Gasteiger partial charge in [0.1, 0.15) is 11.6 Å². The summed E-state index contributed by atoms with van der Waals surface area (Å²) >= 11 is 0. The van der Waals surface area contributed by atoms with Gasteiger partial charge in [-0.15, -0.1) is 0 Å². The van der Waals surface area contributed by atoms with Gasteiger partial charge in [-0.05, 0) is 31.5 Å². The Morgan fingerprint density at radius 1 is 1.00 bits per heavy atom. The van der Waals surface area contributed by atoms with Gasteiger partial charge in [-0.1, -0.05) is 23.8 Å². The molecule has 3 rings (SSSR count). The average molecular weight is 281 g/mol. The van der Waals surface area contributed by atoms with Crippen LogP contribution >= 0.6 is 0 Å². The van der Waals surface area contributed by atoms with Gasteiger partial charge in [-0.25, -0.2) is 14.4 Å². The summed E-state index contributed by atoms with van der Waals surface area (Å²) in [6.07, 6.45) is 0. The van der Waals surface area contributed by atoms with Gasteiger partial charge >= 0.3 is 0 Å². The minimum Gasteiger partial charge on any atom is -0.373 e. The summed E-state index contributed by atoms with van der Waals surface area (Å²) in [5.41, 5.74) is 3.86. The number of halogens is 1. The van der Waals surface area contributed by atoms with Crippen LogP contribution in [0.25, 0.3) is 22.3 Å². The summed E-state index contributed by atoms with van der Waals surface area (Å²) in [5, 5.41) is 3.87. The van der Waals surface area contributed by atoms with E-state index in [9.17, 15) is 4.39 Å². The molecule has 1 heterocycles. The number of hydrogen-bond acceptors (Lipinski definition) is 3. The maximum absolute atomic E-state index is 13.5. The zero-order valence-electron chi connectivity index (χ0n) is 12.2. The van der Waals surface area contributed by atoms with Crippen molar-refractivity contribution in [2.75, 3.05) is 12.4 Å². The minimum absolute atomic E-state index is 0.296. The Kier molecular flexibility index (Phi) is 3.29. The number of aryl methyl sites for hydroxylation is 2. The molecule has 0 spiro atoms. The summed E-state index contributed by atoms with van der Waals surface area (Å²) in [7, 11) is 1.80. The first-order valence-electron chi connectivity index (χ1n) is 6.81. The van der Waals surface area contributed by atoms with Crippen molar-refractivity contribution in [2.45, 2.75) is 13.8 Å². The van der Waals surface area contributed by atoms with E-state index in [4.69, 9.17) is 0 Å². The lowest BCUT2D eigenvalue weighted by atomic mass is 10.0. The average Bonchev–Trinajstić information content (AvgIpc) is 2.45. The van der Waals surface area contributed by atoms with Crippen LogP contribution < -0.4 is 5.32 Å². The molecule has 0 amide bonds. The molecule has 0 aliphatic rings. The van der Waals surface area contributed by atoms with Gasteiger partial charge in [0, 0.05) is 24.1 Å². The van der Waals surface area contributed by atoms with Crippen molar-refractivity contribution >= 4 is 16.7 Å². The van der Waals surface area contributed by atoms with Gasteiger partial charge in [0.25, 0.3) is 0 Å². The third kappa shape index (κ3) is 2.44. The third-order valence-electron chi connectivity index (χ3n) is 3.52. The Morgan fingerprint density at radius 2 is 1.81 bits per heavy atom. The van der Waals surface area contributed by atoms with Crippen molar-refractivity contribution in [1.82, 2.24) is 9.97 Å². The zero-order valence-corrected chi connectivity index (χ0v) is 12.2. The quantitative estimate of drug-likeness (QED) is 0.768.